The highest BCUT2D eigenvalue weighted by atomic mass is 32.1. The van der Waals surface area contributed by atoms with E-state index in [0.29, 0.717) is 0 Å². The highest BCUT2D eigenvalue weighted by molar-refractivity contribution is 7.80. The molecular formula is C30H47N3O9S. The number of nitrogens with one attached hydrogen (secondary N) is 1. The average molecular weight is 626 g/mol. The fourth-order valence-electron chi connectivity index (χ4n) is 3.95. The Bertz CT molecular complexity index is 997. The van der Waals surface area contributed by atoms with E-state index in [1.807, 2.05) is 18.2 Å². The maximum Gasteiger partial charge on any atom is 0.323 e. The van der Waals surface area contributed by atoms with Crippen LogP contribution in [0, 0.1) is 0 Å². The van der Waals surface area contributed by atoms with Gasteiger partial charge in [0, 0.05) is 18.6 Å². The van der Waals surface area contributed by atoms with Crippen molar-refractivity contribution in [3.05, 3.63) is 48.6 Å². The third-order valence-electron chi connectivity index (χ3n) is 6.32. The number of amides is 2. The van der Waals surface area contributed by atoms with Crippen LogP contribution in [0.15, 0.2) is 48.6 Å². The predicted octanol–water partition coefficient (Wildman–Crippen LogP) is 2.69. The van der Waals surface area contributed by atoms with Crippen molar-refractivity contribution < 1.29 is 44.4 Å². The highest BCUT2D eigenvalue weighted by Gasteiger charge is 2.34. The molecule has 0 radical (unpaired) electrons. The lowest BCUT2D eigenvalue weighted by atomic mass is 9.98. The molecule has 0 aromatic carbocycles. The van der Waals surface area contributed by atoms with Crippen LogP contribution < -0.4 is 11.1 Å². The molecule has 0 aliphatic rings. The lowest BCUT2D eigenvalue weighted by Gasteiger charge is -2.35. The molecule has 0 spiro atoms. The van der Waals surface area contributed by atoms with Gasteiger partial charge in [0.2, 0.25) is 11.8 Å². The van der Waals surface area contributed by atoms with Crippen molar-refractivity contribution in [2.75, 3.05) is 12.3 Å². The molecule has 0 fully saturated rings. The molecule has 0 saturated carbocycles. The van der Waals surface area contributed by atoms with Gasteiger partial charge in [0.15, 0.2) is 0 Å². The van der Waals surface area contributed by atoms with Gasteiger partial charge in [0.25, 0.3) is 0 Å². The summed E-state index contributed by atoms with van der Waals surface area (Å²) in [6.07, 6.45) is 17.3. The van der Waals surface area contributed by atoms with Gasteiger partial charge >= 0.3 is 17.9 Å². The molecule has 2 amide bonds. The topological polar surface area (TPSA) is 208 Å². The van der Waals surface area contributed by atoms with Gasteiger partial charge in [0.1, 0.15) is 18.6 Å². The first-order valence-electron chi connectivity index (χ1n) is 14.4. The second-order valence-corrected chi connectivity index (χ2v) is 10.3. The van der Waals surface area contributed by atoms with Crippen molar-refractivity contribution in [2.45, 2.75) is 95.4 Å². The minimum atomic E-state index is -1.36. The Labute approximate surface area is 258 Å². The molecule has 0 aromatic rings. The van der Waals surface area contributed by atoms with E-state index in [1.165, 1.54) is 12.8 Å². The van der Waals surface area contributed by atoms with Crippen LogP contribution in [0.3, 0.4) is 0 Å². The molecule has 0 heterocycles. The maximum atomic E-state index is 13.5. The lowest BCUT2D eigenvalue weighted by Crippen LogP contribution is -2.56. The number of carboxylic acid groups (broad SMARTS) is 3. The molecule has 0 bridgehead atoms. The summed E-state index contributed by atoms with van der Waals surface area (Å²) in [7, 11) is 0. The first kappa shape index (κ1) is 39.6. The number of carboxylic acids is 3. The number of aliphatic hydroxyl groups is 1. The van der Waals surface area contributed by atoms with Crippen LogP contribution in [0.2, 0.25) is 0 Å². The number of carbonyl (C=O) groups excluding carboxylic acids is 2. The molecule has 2 unspecified atom stereocenters. The number of hydrogen-bond acceptors (Lipinski definition) is 8. The molecule has 12 nitrogen and oxygen atoms in total. The zero-order valence-electron chi connectivity index (χ0n) is 24.7. The lowest BCUT2D eigenvalue weighted by molar-refractivity contribution is -0.149. The Balaban J connectivity index is 5.70. The van der Waals surface area contributed by atoms with Crippen LogP contribution in [-0.2, 0) is 24.0 Å². The van der Waals surface area contributed by atoms with Gasteiger partial charge in [-0.1, -0.05) is 68.4 Å². The van der Waals surface area contributed by atoms with E-state index in [-0.39, 0.29) is 44.3 Å². The van der Waals surface area contributed by atoms with Gasteiger partial charge in [-0.05, 0) is 38.5 Å². The minimum Gasteiger partial charge on any atom is -0.481 e. The largest absolute Gasteiger partial charge is 0.481 e. The van der Waals surface area contributed by atoms with Crippen LogP contribution in [0.4, 0.5) is 0 Å². The molecule has 0 aromatic heterocycles. The second kappa shape index (κ2) is 24.1. The molecule has 242 valence electrons. The first-order chi connectivity index (χ1) is 20.4. The summed E-state index contributed by atoms with van der Waals surface area (Å²) in [5.41, 5.74) is 5.42. The number of allylic oxidation sites excluding steroid dienone is 7. The normalized spacial score (nSPS) is 14.7. The zero-order chi connectivity index (χ0) is 32.6. The van der Waals surface area contributed by atoms with Gasteiger partial charge in [-0.2, -0.15) is 12.6 Å². The average Bonchev–Trinajstić information content (AvgIpc) is 2.95. The zero-order valence-corrected chi connectivity index (χ0v) is 25.6. The number of aliphatic carboxylic acids is 3. The summed E-state index contributed by atoms with van der Waals surface area (Å²) in [6.45, 7) is 1.36. The Morgan fingerprint density at radius 3 is 2.05 bits per heavy atom. The summed E-state index contributed by atoms with van der Waals surface area (Å²) in [5.74, 6) is -5.39. The number of thiol groups is 1. The van der Waals surface area contributed by atoms with Crippen molar-refractivity contribution in [1.82, 2.24) is 10.2 Å². The summed E-state index contributed by atoms with van der Waals surface area (Å²) in [5, 5.41) is 40.8. The standard InChI is InChI=1S/C30H47N3O9S/c1-2-3-4-5-6-7-8-9-10-11-12-13-15-24(25(34)16-14-17-27(36)37)33(20-28(38)39)29(40)23(21-43)32-26(35)19-18-22(31)30(41)42/h6-13,22-25,34,43H,2-5,14-21,31H2,1H3,(H,32,35)(H,36,37)(H,38,39)(H,41,42)/b7-6-,9-8+,11-10-,13-12?/t22?,23?,24-,25-/m0/s1. The molecule has 13 heteroatoms. The summed E-state index contributed by atoms with van der Waals surface area (Å²) < 4.78 is 0. The summed E-state index contributed by atoms with van der Waals surface area (Å²) >= 11 is 4.12. The van der Waals surface area contributed by atoms with Crippen molar-refractivity contribution in [1.29, 1.82) is 0 Å². The van der Waals surface area contributed by atoms with Crippen molar-refractivity contribution in [2.24, 2.45) is 5.73 Å². The Hall–Kier alpha value is -3.42. The fraction of sp³-hybridized carbons (Fsp3) is 0.567. The third kappa shape index (κ3) is 19.4. The van der Waals surface area contributed by atoms with E-state index in [2.05, 4.69) is 30.9 Å². The van der Waals surface area contributed by atoms with Gasteiger partial charge in [0.05, 0.1) is 12.1 Å². The predicted molar refractivity (Wildman–Crippen MR) is 167 cm³/mol. The number of unbranched alkanes of at least 4 members (excludes halogenated alkanes) is 3. The SMILES string of the molecule is CCCCC\C=C/C=C/C=C\C=CC[C@@H]([C@@H](O)CCCC(=O)O)N(CC(=O)O)C(=O)C(CS)NC(=O)CCC(N)C(=O)O. The Morgan fingerprint density at radius 2 is 1.49 bits per heavy atom. The van der Waals surface area contributed by atoms with Crippen LogP contribution in [0.1, 0.15) is 71.1 Å². The fourth-order valence-corrected chi connectivity index (χ4v) is 4.20. The summed E-state index contributed by atoms with van der Waals surface area (Å²) in [4.78, 5) is 60.4. The number of hydrogen-bond donors (Lipinski definition) is 7. The van der Waals surface area contributed by atoms with E-state index in [9.17, 15) is 34.2 Å². The smallest absolute Gasteiger partial charge is 0.323 e. The molecule has 4 atom stereocenters. The van der Waals surface area contributed by atoms with E-state index < -0.39 is 60.5 Å². The second-order valence-electron chi connectivity index (χ2n) is 9.92. The minimum absolute atomic E-state index is 0.0116. The molecule has 0 saturated heterocycles. The first-order valence-corrected chi connectivity index (χ1v) is 15.0. The van der Waals surface area contributed by atoms with Crippen molar-refractivity contribution >= 4 is 42.4 Å². The van der Waals surface area contributed by atoms with Crippen LogP contribution in [-0.4, -0.2) is 91.6 Å². The molecule has 0 aliphatic carbocycles. The maximum absolute atomic E-state index is 13.5. The number of rotatable bonds is 24. The third-order valence-corrected chi connectivity index (χ3v) is 6.68. The quantitative estimate of drug-likeness (QED) is 0.0474. The van der Waals surface area contributed by atoms with Gasteiger partial charge < -0.3 is 36.4 Å². The van der Waals surface area contributed by atoms with Crippen LogP contribution in [0.25, 0.3) is 0 Å². The van der Waals surface area contributed by atoms with Crippen LogP contribution in [0.5, 0.6) is 0 Å². The number of carbonyl (C=O) groups is 5. The Morgan fingerprint density at radius 1 is 0.860 bits per heavy atom. The van der Waals surface area contributed by atoms with Crippen molar-refractivity contribution in [3.63, 3.8) is 0 Å². The van der Waals surface area contributed by atoms with Gasteiger partial charge in [-0.3, -0.25) is 24.0 Å². The van der Waals surface area contributed by atoms with Crippen molar-refractivity contribution in [3.8, 4) is 0 Å². The van der Waals surface area contributed by atoms with Crippen LogP contribution >= 0.6 is 12.6 Å². The molecule has 0 aliphatic heterocycles. The molecular weight excluding hydrogens is 578 g/mol. The summed E-state index contributed by atoms with van der Waals surface area (Å²) in [6, 6.07) is -3.59. The molecule has 7 N–H and O–H groups in total. The van der Waals surface area contributed by atoms with E-state index in [1.54, 1.807) is 24.3 Å². The molecule has 0 rings (SSSR count). The van der Waals surface area contributed by atoms with E-state index in [0.717, 1.165) is 17.7 Å². The number of aliphatic hydroxyl groups excluding tert-OH is 1. The number of nitrogens with two attached hydrogens (primary N) is 1. The van der Waals surface area contributed by atoms with Gasteiger partial charge in [-0.25, -0.2) is 0 Å². The highest BCUT2D eigenvalue weighted by Crippen LogP contribution is 2.18. The van der Waals surface area contributed by atoms with Gasteiger partial charge in [-0.15, -0.1) is 0 Å². The van der Waals surface area contributed by atoms with E-state index in [4.69, 9.17) is 15.9 Å². The Kier molecular flexibility index (Phi) is 22.2. The monoisotopic (exact) mass is 625 g/mol. The van der Waals surface area contributed by atoms with E-state index >= 15 is 0 Å². The molecule has 43 heavy (non-hydrogen) atoms. The number of nitrogens with zero attached hydrogens (tertiary/aromatic N) is 1.